The van der Waals surface area contributed by atoms with Crippen molar-refractivity contribution in [1.29, 1.82) is 0 Å². The lowest BCUT2D eigenvalue weighted by Crippen LogP contribution is -2.20. The van der Waals surface area contributed by atoms with Gasteiger partial charge in [-0.05, 0) is 13.8 Å². The second-order valence-corrected chi connectivity index (χ2v) is 3.05. The highest BCUT2D eigenvalue weighted by atomic mass is 16.5. The fourth-order valence-corrected chi connectivity index (χ4v) is 1.05. The van der Waals surface area contributed by atoms with Crippen molar-refractivity contribution < 1.29 is 4.74 Å². The summed E-state index contributed by atoms with van der Waals surface area (Å²) in [5, 5.41) is 4.08. The van der Waals surface area contributed by atoms with Gasteiger partial charge in [0.05, 0.1) is 6.61 Å². The largest absolute Gasteiger partial charge is 0.463 e. The number of aromatic nitrogens is 3. The van der Waals surface area contributed by atoms with Gasteiger partial charge in [-0.1, -0.05) is 0 Å². The maximum absolute atomic E-state index is 5.65. The molecule has 2 N–H and O–H groups in total. The summed E-state index contributed by atoms with van der Waals surface area (Å²) >= 11 is 0. The Morgan fingerprint density at radius 1 is 1.62 bits per heavy atom. The summed E-state index contributed by atoms with van der Waals surface area (Å²) < 4.78 is 6.87. The standard InChI is InChI=1S/C8H16N4O/c1-4-13-8-10-7(5-6(2)9)12(3)11-8/h6H,4-5,9H2,1-3H3. The van der Waals surface area contributed by atoms with Crippen LogP contribution in [0.2, 0.25) is 0 Å². The quantitative estimate of drug-likeness (QED) is 0.721. The van der Waals surface area contributed by atoms with E-state index in [0.717, 1.165) is 12.2 Å². The van der Waals surface area contributed by atoms with E-state index in [-0.39, 0.29) is 6.04 Å². The van der Waals surface area contributed by atoms with Gasteiger partial charge in [0.2, 0.25) is 0 Å². The number of ether oxygens (including phenoxy) is 1. The lowest BCUT2D eigenvalue weighted by molar-refractivity contribution is 0.311. The fraction of sp³-hybridized carbons (Fsp3) is 0.750. The van der Waals surface area contributed by atoms with E-state index in [0.29, 0.717) is 12.6 Å². The molecule has 1 aromatic heterocycles. The van der Waals surface area contributed by atoms with Gasteiger partial charge in [0.25, 0.3) is 0 Å². The highest BCUT2D eigenvalue weighted by molar-refractivity contribution is 4.98. The maximum atomic E-state index is 5.65. The lowest BCUT2D eigenvalue weighted by atomic mass is 10.2. The van der Waals surface area contributed by atoms with Gasteiger partial charge in [0, 0.05) is 19.5 Å². The Morgan fingerprint density at radius 3 is 2.85 bits per heavy atom. The molecule has 0 aromatic carbocycles. The van der Waals surface area contributed by atoms with Crippen LogP contribution in [0.1, 0.15) is 19.7 Å². The zero-order valence-corrected chi connectivity index (χ0v) is 8.32. The molecule has 13 heavy (non-hydrogen) atoms. The molecule has 0 spiro atoms. The highest BCUT2D eigenvalue weighted by Gasteiger charge is 2.08. The van der Waals surface area contributed by atoms with Crippen LogP contribution in [0.5, 0.6) is 6.01 Å². The summed E-state index contributed by atoms with van der Waals surface area (Å²) in [7, 11) is 1.84. The molecule has 0 fully saturated rings. The van der Waals surface area contributed by atoms with Crippen LogP contribution >= 0.6 is 0 Å². The van der Waals surface area contributed by atoms with Crippen LogP contribution in [0.15, 0.2) is 0 Å². The number of nitrogens with two attached hydrogens (primary N) is 1. The summed E-state index contributed by atoms with van der Waals surface area (Å²) in [6.45, 7) is 4.43. The van der Waals surface area contributed by atoms with Gasteiger partial charge in [0.1, 0.15) is 5.82 Å². The van der Waals surface area contributed by atoms with E-state index >= 15 is 0 Å². The molecule has 5 nitrogen and oxygen atoms in total. The Labute approximate surface area is 77.9 Å². The smallest absolute Gasteiger partial charge is 0.335 e. The van der Waals surface area contributed by atoms with Crippen LogP contribution < -0.4 is 10.5 Å². The summed E-state index contributed by atoms with van der Waals surface area (Å²) in [5.74, 6) is 0.860. The molecule has 0 bridgehead atoms. The second kappa shape index (κ2) is 4.23. The predicted octanol–water partition coefficient (Wildman–Crippen LogP) is 0.104. The molecule has 1 heterocycles. The van der Waals surface area contributed by atoms with E-state index < -0.39 is 0 Å². The molecule has 0 saturated heterocycles. The summed E-state index contributed by atoms with van der Waals surface area (Å²) in [6, 6.07) is 0.526. The third kappa shape index (κ3) is 2.69. The summed E-state index contributed by atoms with van der Waals surface area (Å²) in [5.41, 5.74) is 5.65. The van der Waals surface area contributed by atoms with Crippen LogP contribution in [0, 0.1) is 0 Å². The molecular weight excluding hydrogens is 168 g/mol. The summed E-state index contributed by atoms with van der Waals surface area (Å²) in [4.78, 5) is 4.19. The van der Waals surface area contributed by atoms with Gasteiger partial charge in [-0.25, -0.2) is 4.68 Å². The molecule has 0 radical (unpaired) electrons. The molecule has 1 unspecified atom stereocenters. The molecule has 0 aliphatic heterocycles. The van der Waals surface area contributed by atoms with Crippen LogP contribution in [0.3, 0.4) is 0 Å². The molecule has 1 rings (SSSR count). The Hall–Kier alpha value is -1.10. The fourth-order valence-electron chi connectivity index (χ4n) is 1.05. The molecular formula is C8H16N4O. The Morgan fingerprint density at radius 2 is 2.31 bits per heavy atom. The normalized spacial score (nSPS) is 12.9. The van der Waals surface area contributed by atoms with E-state index in [1.807, 2.05) is 20.9 Å². The van der Waals surface area contributed by atoms with Gasteiger partial charge >= 0.3 is 6.01 Å². The zero-order valence-electron chi connectivity index (χ0n) is 8.32. The van der Waals surface area contributed by atoms with Crippen molar-refractivity contribution in [3.05, 3.63) is 5.82 Å². The Balaban J connectivity index is 2.71. The van der Waals surface area contributed by atoms with Gasteiger partial charge in [0.15, 0.2) is 0 Å². The van der Waals surface area contributed by atoms with Crippen LogP contribution in [-0.4, -0.2) is 27.4 Å². The third-order valence-corrected chi connectivity index (χ3v) is 1.61. The van der Waals surface area contributed by atoms with E-state index in [1.165, 1.54) is 0 Å². The molecule has 74 valence electrons. The van der Waals surface area contributed by atoms with E-state index in [4.69, 9.17) is 10.5 Å². The minimum atomic E-state index is 0.0948. The third-order valence-electron chi connectivity index (χ3n) is 1.61. The highest BCUT2D eigenvalue weighted by Crippen LogP contribution is 2.05. The van der Waals surface area contributed by atoms with Gasteiger partial charge < -0.3 is 10.5 Å². The minimum Gasteiger partial charge on any atom is -0.463 e. The van der Waals surface area contributed by atoms with Crippen molar-refractivity contribution in [2.24, 2.45) is 12.8 Å². The second-order valence-electron chi connectivity index (χ2n) is 3.05. The van der Waals surface area contributed by atoms with E-state index in [2.05, 4.69) is 10.1 Å². The first kappa shape index (κ1) is 9.98. The topological polar surface area (TPSA) is 66.0 Å². The number of aryl methyl sites for hydroxylation is 1. The van der Waals surface area contributed by atoms with Gasteiger partial charge in [-0.15, -0.1) is 5.10 Å². The predicted molar refractivity (Wildman–Crippen MR) is 49.5 cm³/mol. The Kier molecular flexibility index (Phi) is 3.25. The Bertz CT molecular complexity index is 269. The maximum Gasteiger partial charge on any atom is 0.335 e. The molecule has 1 aromatic rings. The van der Waals surface area contributed by atoms with Crippen LogP contribution in [-0.2, 0) is 13.5 Å². The molecule has 0 saturated carbocycles. The molecule has 1 atom stereocenters. The average molecular weight is 184 g/mol. The first-order chi connectivity index (χ1) is 6.13. The summed E-state index contributed by atoms with van der Waals surface area (Å²) in [6.07, 6.45) is 0.719. The van der Waals surface area contributed by atoms with E-state index in [9.17, 15) is 0 Å². The number of hydrogen-bond acceptors (Lipinski definition) is 4. The SMILES string of the molecule is CCOc1nc(CC(C)N)n(C)n1. The van der Waals surface area contributed by atoms with Crippen LogP contribution in [0.25, 0.3) is 0 Å². The van der Waals surface area contributed by atoms with Crippen molar-refractivity contribution in [3.63, 3.8) is 0 Å². The zero-order chi connectivity index (χ0) is 9.84. The van der Waals surface area contributed by atoms with Gasteiger partial charge in [-0.2, -0.15) is 4.98 Å². The lowest BCUT2D eigenvalue weighted by Gasteiger charge is -2.01. The van der Waals surface area contributed by atoms with Crippen molar-refractivity contribution in [2.45, 2.75) is 26.3 Å². The van der Waals surface area contributed by atoms with Crippen molar-refractivity contribution in [3.8, 4) is 6.01 Å². The molecule has 0 aliphatic carbocycles. The van der Waals surface area contributed by atoms with Crippen molar-refractivity contribution >= 4 is 0 Å². The monoisotopic (exact) mass is 184 g/mol. The van der Waals surface area contributed by atoms with Crippen LogP contribution in [0.4, 0.5) is 0 Å². The number of hydrogen-bond donors (Lipinski definition) is 1. The van der Waals surface area contributed by atoms with Crippen molar-refractivity contribution in [1.82, 2.24) is 14.8 Å². The molecule has 0 aliphatic rings. The van der Waals surface area contributed by atoms with Gasteiger partial charge in [-0.3, -0.25) is 0 Å². The van der Waals surface area contributed by atoms with E-state index in [1.54, 1.807) is 4.68 Å². The molecule has 0 amide bonds. The number of rotatable bonds is 4. The first-order valence-corrected chi connectivity index (χ1v) is 4.41. The molecule has 5 heteroatoms. The first-order valence-electron chi connectivity index (χ1n) is 4.41. The minimum absolute atomic E-state index is 0.0948. The average Bonchev–Trinajstić information content (AvgIpc) is 2.31. The van der Waals surface area contributed by atoms with Crippen molar-refractivity contribution in [2.75, 3.05) is 6.61 Å². The number of nitrogens with zero attached hydrogens (tertiary/aromatic N) is 3.